The third-order valence-corrected chi connectivity index (χ3v) is 4.88. The van der Waals surface area contributed by atoms with Crippen LogP contribution < -0.4 is 5.32 Å². The minimum atomic E-state index is 0.972. The predicted molar refractivity (Wildman–Crippen MR) is 60.3 cm³/mol. The Kier molecular flexibility index (Phi) is 3.98. The standard InChI is InChI=1S/C11H21NS/c1-2-6-11(5-1)13-9-10-4-3-7-12-8-10/h10-12H,1-9H2. The number of hydrogen-bond acceptors (Lipinski definition) is 2. The van der Waals surface area contributed by atoms with E-state index >= 15 is 0 Å². The molecule has 0 aromatic heterocycles. The molecule has 0 aromatic carbocycles. The van der Waals surface area contributed by atoms with Crippen molar-refractivity contribution in [3.05, 3.63) is 0 Å². The topological polar surface area (TPSA) is 12.0 Å². The van der Waals surface area contributed by atoms with E-state index in [1.54, 1.807) is 0 Å². The van der Waals surface area contributed by atoms with Gasteiger partial charge in [0.15, 0.2) is 0 Å². The monoisotopic (exact) mass is 199 g/mol. The number of thioether (sulfide) groups is 1. The lowest BCUT2D eigenvalue weighted by Crippen LogP contribution is -2.31. The van der Waals surface area contributed by atoms with Gasteiger partial charge in [-0.3, -0.25) is 0 Å². The molecule has 1 aliphatic heterocycles. The summed E-state index contributed by atoms with van der Waals surface area (Å²) in [6, 6.07) is 0. The smallest absolute Gasteiger partial charge is 0.00471 e. The van der Waals surface area contributed by atoms with Crippen molar-refractivity contribution in [3.8, 4) is 0 Å². The van der Waals surface area contributed by atoms with E-state index in [1.165, 1.54) is 57.4 Å². The lowest BCUT2D eigenvalue weighted by Gasteiger charge is -2.23. The molecule has 1 heterocycles. The molecule has 1 unspecified atom stereocenters. The molecule has 1 aliphatic carbocycles. The third kappa shape index (κ3) is 3.17. The molecule has 1 nitrogen and oxygen atoms in total. The molecule has 2 aliphatic rings. The molecule has 1 saturated carbocycles. The second kappa shape index (κ2) is 5.26. The van der Waals surface area contributed by atoms with Crippen LogP contribution in [-0.4, -0.2) is 24.1 Å². The molecule has 0 spiro atoms. The maximum absolute atomic E-state index is 3.50. The van der Waals surface area contributed by atoms with Crippen LogP contribution in [0.5, 0.6) is 0 Å². The molecule has 1 saturated heterocycles. The minimum Gasteiger partial charge on any atom is -0.316 e. The lowest BCUT2D eigenvalue weighted by molar-refractivity contribution is 0.410. The Bertz CT molecular complexity index is 137. The van der Waals surface area contributed by atoms with Crippen LogP contribution in [-0.2, 0) is 0 Å². The van der Waals surface area contributed by atoms with E-state index in [0.717, 1.165) is 11.2 Å². The zero-order chi connectivity index (χ0) is 8.93. The van der Waals surface area contributed by atoms with Crippen LogP contribution in [0.15, 0.2) is 0 Å². The Hall–Kier alpha value is 0.310. The summed E-state index contributed by atoms with van der Waals surface area (Å²) in [5, 5.41) is 4.51. The van der Waals surface area contributed by atoms with Gasteiger partial charge in [0, 0.05) is 5.25 Å². The molecule has 13 heavy (non-hydrogen) atoms. The zero-order valence-corrected chi connectivity index (χ0v) is 9.24. The average Bonchev–Trinajstić information content (AvgIpc) is 2.69. The first-order chi connectivity index (χ1) is 6.45. The lowest BCUT2D eigenvalue weighted by atomic mass is 10.0. The molecule has 2 fully saturated rings. The highest BCUT2D eigenvalue weighted by Crippen LogP contribution is 2.31. The summed E-state index contributed by atoms with van der Waals surface area (Å²) in [6.45, 7) is 2.53. The van der Waals surface area contributed by atoms with Crippen molar-refractivity contribution in [2.24, 2.45) is 5.92 Å². The predicted octanol–water partition coefficient (Wildman–Crippen LogP) is 2.66. The largest absolute Gasteiger partial charge is 0.316 e. The van der Waals surface area contributed by atoms with Crippen LogP contribution in [0.1, 0.15) is 38.5 Å². The van der Waals surface area contributed by atoms with E-state index in [9.17, 15) is 0 Å². The van der Waals surface area contributed by atoms with Gasteiger partial charge in [-0.15, -0.1) is 0 Å². The van der Waals surface area contributed by atoms with Gasteiger partial charge in [-0.2, -0.15) is 11.8 Å². The van der Waals surface area contributed by atoms with Gasteiger partial charge in [0.2, 0.25) is 0 Å². The Morgan fingerprint density at radius 3 is 2.62 bits per heavy atom. The summed E-state index contributed by atoms with van der Waals surface area (Å²) in [6.07, 6.45) is 8.82. The molecule has 1 atom stereocenters. The number of piperidine rings is 1. The van der Waals surface area contributed by atoms with Gasteiger partial charge in [0.1, 0.15) is 0 Å². The van der Waals surface area contributed by atoms with Gasteiger partial charge >= 0.3 is 0 Å². The average molecular weight is 199 g/mol. The summed E-state index contributed by atoms with van der Waals surface area (Å²) in [7, 11) is 0. The van der Waals surface area contributed by atoms with Crippen LogP contribution in [0.25, 0.3) is 0 Å². The highest BCUT2D eigenvalue weighted by Gasteiger charge is 2.18. The van der Waals surface area contributed by atoms with E-state index in [4.69, 9.17) is 0 Å². The fourth-order valence-electron chi connectivity index (χ4n) is 2.39. The zero-order valence-electron chi connectivity index (χ0n) is 8.43. The molecule has 2 rings (SSSR count). The first-order valence-electron chi connectivity index (χ1n) is 5.77. The van der Waals surface area contributed by atoms with Crippen molar-refractivity contribution in [3.63, 3.8) is 0 Å². The quantitative estimate of drug-likeness (QED) is 0.750. The van der Waals surface area contributed by atoms with Gasteiger partial charge in [0.25, 0.3) is 0 Å². The van der Waals surface area contributed by atoms with Gasteiger partial charge in [-0.1, -0.05) is 12.8 Å². The number of hydrogen-bond donors (Lipinski definition) is 1. The number of rotatable bonds is 3. The summed E-state index contributed by atoms with van der Waals surface area (Å²) in [5.74, 6) is 2.39. The van der Waals surface area contributed by atoms with E-state index < -0.39 is 0 Å². The van der Waals surface area contributed by atoms with Crippen LogP contribution in [0.3, 0.4) is 0 Å². The molecular weight excluding hydrogens is 178 g/mol. The first kappa shape index (κ1) is 9.85. The molecule has 0 aromatic rings. The summed E-state index contributed by atoms with van der Waals surface area (Å²) in [4.78, 5) is 0. The maximum Gasteiger partial charge on any atom is 0.00471 e. The summed E-state index contributed by atoms with van der Waals surface area (Å²) in [5.41, 5.74) is 0. The van der Waals surface area contributed by atoms with Crippen molar-refractivity contribution >= 4 is 11.8 Å². The first-order valence-corrected chi connectivity index (χ1v) is 6.82. The SMILES string of the molecule is C1CNCC(CSC2CCCC2)C1. The molecule has 1 N–H and O–H groups in total. The Labute approximate surface area is 86.0 Å². The van der Waals surface area contributed by atoms with E-state index in [0.29, 0.717) is 0 Å². The van der Waals surface area contributed by atoms with Gasteiger partial charge in [0.05, 0.1) is 0 Å². The molecule has 0 amide bonds. The van der Waals surface area contributed by atoms with E-state index in [2.05, 4.69) is 17.1 Å². The molecule has 0 bridgehead atoms. The van der Waals surface area contributed by atoms with Gasteiger partial charge in [-0.25, -0.2) is 0 Å². The van der Waals surface area contributed by atoms with Crippen molar-refractivity contribution in [2.75, 3.05) is 18.8 Å². The normalized spacial score (nSPS) is 30.9. The van der Waals surface area contributed by atoms with Crippen LogP contribution >= 0.6 is 11.8 Å². The second-order valence-electron chi connectivity index (χ2n) is 4.45. The van der Waals surface area contributed by atoms with Crippen LogP contribution in [0, 0.1) is 5.92 Å². The highest BCUT2D eigenvalue weighted by molar-refractivity contribution is 7.99. The molecular formula is C11H21NS. The van der Waals surface area contributed by atoms with Crippen molar-refractivity contribution in [1.29, 1.82) is 0 Å². The minimum absolute atomic E-state index is 0.972. The third-order valence-electron chi connectivity index (χ3n) is 3.27. The Morgan fingerprint density at radius 2 is 1.92 bits per heavy atom. The van der Waals surface area contributed by atoms with E-state index in [-0.39, 0.29) is 0 Å². The molecule has 2 heteroatoms. The van der Waals surface area contributed by atoms with Crippen molar-refractivity contribution < 1.29 is 0 Å². The molecule has 0 radical (unpaired) electrons. The van der Waals surface area contributed by atoms with Crippen LogP contribution in [0.4, 0.5) is 0 Å². The van der Waals surface area contributed by atoms with E-state index in [1.807, 2.05) is 0 Å². The van der Waals surface area contributed by atoms with Gasteiger partial charge in [-0.05, 0) is 50.4 Å². The fraction of sp³-hybridized carbons (Fsp3) is 1.00. The van der Waals surface area contributed by atoms with Crippen molar-refractivity contribution in [1.82, 2.24) is 5.32 Å². The Balaban J connectivity index is 1.60. The maximum atomic E-state index is 3.50. The van der Waals surface area contributed by atoms with Crippen LogP contribution in [0.2, 0.25) is 0 Å². The highest BCUT2D eigenvalue weighted by atomic mass is 32.2. The van der Waals surface area contributed by atoms with Crippen molar-refractivity contribution in [2.45, 2.75) is 43.8 Å². The van der Waals surface area contributed by atoms with Gasteiger partial charge < -0.3 is 5.32 Å². The molecule has 76 valence electrons. The summed E-state index contributed by atoms with van der Waals surface area (Å²) < 4.78 is 0. The summed E-state index contributed by atoms with van der Waals surface area (Å²) >= 11 is 2.25. The second-order valence-corrected chi connectivity index (χ2v) is 5.79. The fourth-order valence-corrected chi connectivity index (χ4v) is 3.89. The Morgan fingerprint density at radius 1 is 1.08 bits per heavy atom. The number of nitrogens with one attached hydrogen (secondary N) is 1.